The van der Waals surface area contributed by atoms with Crippen LogP contribution in [0.2, 0.25) is 0 Å². The lowest BCUT2D eigenvalue weighted by Crippen LogP contribution is -2.27. The quantitative estimate of drug-likeness (QED) is 0.120. The molecule has 0 atom stereocenters. The summed E-state index contributed by atoms with van der Waals surface area (Å²) in [5.74, 6) is -0.248. The van der Waals surface area contributed by atoms with E-state index in [1.807, 2.05) is 92.3 Å². The minimum atomic E-state index is -0.403. The Morgan fingerprint density at radius 1 is 0.400 bits per heavy atom. The molecule has 16 rings (SSSR count). The molecule has 90 heavy (non-hydrogen) atoms. The summed E-state index contributed by atoms with van der Waals surface area (Å²) >= 11 is 15.7. The Labute approximate surface area is 553 Å². The van der Waals surface area contributed by atoms with Crippen molar-refractivity contribution in [2.24, 2.45) is 0 Å². The molecule has 4 aliphatic carbocycles. The van der Waals surface area contributed by atoms with Gasteiger partial charge in [0.25, 0.3) is 0 Å². The number of hydrogen-bond donors (Lipinski definition) is 0. The highest BCUT2D eigenvalue weighted by molar-refractivity contribution is 7.32. The Morgan fingerprint density at radius 3 is 1.03 bits per heavy atom. The molecule has 0 bridgehead atoms. The molecule has 0 N–H and O–H groups in total. The van der Waals surface area contributed by atoms with Gasteiger partial charge in [0.1, 0.15) is 35.4 Å². The average molecular weight is 1310 g/mol. The van der Waals surface area contributed by atoms with Gasteiger partial charge < -0.3 is 0 Å². The van der Waals surface area contributed by atoms with Crippen LogP contribution in [0.3, 0.4) is 0 Å². The summed E-state index contributed by atoms with van der Waals surface area (Å²) in [5.41, 5.74) is 14.6. The number of aryl methyl sites for hydroxylation is 4. The van der Waals surface area contributed by atoms with Crippen LogP contribution in [-0.4, -0.2) is 11.6 Å². The summed E-state index contributed by atoms with van der Waals surface area (Å²) in [4.78, 5) is 40.7. The average Bonchev–Trinajstić information content (AvgIpc) is 1.49. The van der Waals surface area contributed by atoms with Crippen molar-refractivity contribution in [3.8, 4) is 66.0 Å². The van der Waals surface area contributed by atoms with Gasteiger partial charge in [0.2, 0.25) is 0 Å². The zero-order valence-corrected chi connectivity index (χ0v) is 55.7. The minimum Gasteiger partial charge on any atom is -0.289 e. The lowest BCUT2D eigenvalue weighted by atomic mass is 9.74. The normalized spacial score (nSPS) is 15.0. The summed E-state index contributed by atoms with van der Waals surface area (Å²) in [7, 11) is 0. The van der Waals surface area contributed by atoms with Crippen molar-refractivity contribution >= 4 is 123 Å². The van der Waals surface area contributed by atoms with Gasteiger partial charge in [-0.05, 0) is 170 Å². The number of carbonyl (C=O) groups is 2. The first-order valence-corrected chi connectivity index (χ1v) is 35.5. The number of benzene rings is 4. The van der Waals surface area contributed by atoms with Gasteiger partial charge in [0, 0.05) is 103 Å². The SMILES string of the molecule is C/C=C1\C(=O)c2ccccc2C1=C(C#N)C#N.C/C=C1\C(=O)c2ccccc2C1=C(C#N)C#N.Cc1ccc(C2(c3ccc(C)s3)c3cc(-c4cccs4)ccc3-c3sc4c5c(sc4c32)-c2ccc(-c3cccs3)cc2C5(c2ccc(C)s2)c2ccc(C)s2)s1. The van der Waals surface area contributed by atoms with Gasteiger partial charge in [-0.3, -0.25) is 9.59 Å². The van der Waals surface area contributed by atoms with E-state index in [0.717, 1.165) is 0 Å². The first-order valence-electron chi connectivity index (χ1n) is 28.8. The number of allylic oxidation sites excluding steroid dienone is 8. The van der Waals surface area contributed by atoms with E-state index in [-0.39, 0.29) is 22.7 Å². The zero-order chi connectivity index (χ0) is 62.3. The third-order valence-corrected chi connectivity index (χ3v) is 26.0. The number of rotatable bonds is 6. The van der Waals surface area contributed by atoms with Crippen LogP contribution in [-0.2, 0) is 10.8 Å². The number of thiophene rings is 8. The molecular formula is C76H48N4O2S8. The van der Waals surface area contributed by atoms with Gasteiger partial charge in [0.05, 0.1) is 20.2 Å². The third-order valence-electron chi connectivity index (χ3n) is 17.1. The molecule has 0 fully saturated rings. The third kappa shape index (κ3) is 8.85. The molecule has 8 heterocycles. The van der Waals surface area contributed by atoms with Crippen LogP contribution in [0.1, 0.15) is 107 Å². The van der Waals surface area contributed by atoms with Crippen molar-refractivity contribution < 1.29 is 9.59 Å². The van der Waals surface area contributed by atoms with Crippen LogP contribution in [0.4, 0.5) is 0 Å². The van der Waals surface area contributed by atoms with Crippen molar-refractivity contribution in [1.29, 1.82) is 21.0 Å². The van der Waals surface area contributed by atoms with Gasteiger partial charge in [-0.15, -0.1) is 90.7 Å². The first-order chi connectivity index (χ1) is 43.8. The second-order valence-electron chi connectivity index (χ2n) is 22.0. The maximum Gasteiger partial charge on any atom is 0.194 e. The Hall–Kier alpha value is -9.00. The number of hydrogen-bond acceptors (Lipinski definition) is 14. The summed E-state index contributed by atoms with van der Waals surface area (Å²) < 4.78 is 2.92. The fourth-order valence-corrected chi connectivity index (χ4v) is 22.5. The standard InChI is InChI=1S/C48H32S8.2C14H8N2O/c1-25-9-17-37(51-25)47(38-18-10-26(2)52-38)33-23-29(35-7-5-21-49-35)13-15-31(33)43-41(47)45-46(55-43)42-44(56-45)32-16-14-30(36-8-6-22-50-36)24-34(32)48(42,39-19-11-27(3)53-39)40-20-12-28(4)54-40;2*1-2-10-13(9(7-15)8-16)11-5-3-4-6-12(11)14(10)17/h5-24H,1-4H3;2*2-6H,1H3/b;2*10-2-. The van der Waals surface area contributed by atoms with Gasteiger partial charge in [0.15, 0.2) is 11.6 Å². The zero-order valence-electron chi connectivity index (χ0n) is 49.2. The number of carbonyl (C=O) groups excluding carboxylic acids is 2. The molecule has 0 aliphatic heterocycles. The lowest BCUT2D eigenvalue weighted by molar-refractivity contribution is 0.103. The van der Waals surface area contributed by atoms with Crippen molar-refractivity contribution in [2.75, 3.05) is 0 Å². The number of fused-ring (bicyclic) bond motifs is 11. The molecule has 0 spiro atoms. The molecule has 0 saturated carbocycles. The van der Waals surface area contributed by atoms with E-state index in [2.05, 4.69) is 170 Å². The lowest BCUT2D eigenvalue weighted by Gasteiger charge is -2.31. The minimum absolute atomic E-state index is 0.0172. The molecule has 4 aliphatic rings. The topological polar surface area (TPSA) is 129 Å². The Kier molecular flexibility index (Phi) is 15.1. The summed E-state index contributed by atoms with van der Waals surface area (Å²) in [6, 6.07) is 64.1. The molecule has 0 radical (unpaired) electrons. The molecule has 4 aromatic carbocycles. The molecule has 14 heteroatoms. The van der Waals surface area contributed by atoms with Gasteiger partial charge >= 0.3 is 0 Å². The molecule has 432 valence electrons. The molecule has 8 aromatic heterocycles. The van der Waals surface area contributed by atoms with E-state index in [0.29, 0.717) is 44.5 Å². The Bertz CT molecular complexity index is 4870. The van der Waals surface area contributed by atoms with Crippen LogP contribution in [0.15, 0.2) is 203 Å². The van der Waals surface area contributed by atoms with Gasteiger partial charge in [-0.1, -0.05) is 97.1 Å². The Balaban J connectivity index is 0.000000169. The second-order valence-corrected chi connectivity index (χ2v) is 31.1. The van der Waals surface area contributed by atoms with Gasteiger partial charge in [-0.2, -0.15) is 21.0 Å². The molecule has 0 amide bonds. The van der Waals surface area contributed by atoms with Crippen molar-refractivity contribution in [3.05, 3.63) is 286 Å². The summed E-state index contributed by atoms with van der Waals surface area (Å²) in [5, 5.41) is 40.2. The molecular weight excluding hydrogens is 1260 g/mol. The van der Waals surface area contributed by atoms with Crippen molar-refractivity contribution in [1.82, 2.24) is 0 Å². The fourth-order valence-electron chi connectivity index (χ4n) is 13.3. The van der Waals surface area contributed by atoms with Crippen LogP contribution < -0.4 is 0 Å². The van der Waals surface area contributed by atoms with Crippen LogP contribution >= 0.6 is 90.7 Å². The second kappa shape index (κ2) is 23.1. The van der Waals surface area contributed by atoms with Crippen molar-refractivity contribution in [3.63, 3.8) is 0 Å². The maximum absolute atomic E-state index is 12.1. The highest BCUT2D eigenvalue weighted by Gasteiger charge is 2.55. The number of Topliss-reactive ketones (excluding diaryl/α,β-unsaturated/α-hetero) is 2. The van der Waals surface area contributed by atoms with E-state index in [1.54, 1.807) is 74.5 Å². The van der Waals surface area contributed by atoms with Crippen LogP contribution in [0.5, 0.6) is 0 Å². The van der Waals surface area contributed by atoms with E-state index < -0.39 is 10.8 Å². The van der Waals surface area contributed by atoms with E-state index in [9.17, 15) is 9.59 Å². The highest BCUT2D eigenvalue weighted by atomic mass is 32.1. The number of ketones is 2. The van der Waals surface area contributed by atoms with E-state index >= 15 is 0 Å². The fraction of sp³-hybridized carbons (Fsp3) is 0.105. The highest BCUT2D eigenvalue weighted by Crippen LogP contribution is 2.70. The smallest absolute Gasteiger partial charge is 0.194 e. The number of nitriles is 4. The Morgan fingerprint density at radius 2 is 0.744 bits per heavy atom. The predicted molar refractivity (Wildman–Crippen MR) is 377 cm³/mol. The summed E-state index contributed by atoms with van der Waals surface area (Å²) in [6.07, 6.45) is 3.29. The van der Waals surface area contributed by atoms with Crippen LogP contribution in [0, 0.1) is 73.0 Å². The monoisotopic (exact) mass is 1300 g/mol. The maximum atomic E-state index is 12.1. The van der Waals surface area contributed by atoms with Gasteiger partial charge in [-0.25, -0.2) is 0 Å². The van der Waals surface area contributed by atoms with Crippen LogP contribution in [0.25, 0.3) is 62.3 Å². The predicted octanol–water partition coefficient (Wildman–Crippen LogP) is 21.9. The number of nitrogens with zero attached hydrogens (tertiary/aromatic N) is 4. The molecule has 0 unspecified atom stereocenters. The van der Waals surface area contributed by atoms with E-state index in [4.69, 9.17) is 21.0 Å². The molecule has 0 saturated heterocycles. The largest absolute Gasteiger partial charge is 0.289 e. The summed E-state index contributed by atoms with van der Waals surface area (Å²) in [6.45, 7) is 12.5. The molecule has 6 nitrogen and oxygen atoms in total. The van der Waals surface area contributed by atoms with E-state index in [1.165, 1.54) is 112 Å². The first kappa shape index (κ1) is 58.7. The van der Waals surface area contributed by atoms with Crippen molar-refractivity contribution in [2.45, 2.75) is 52.4 Å². The molecule has 12 aromatic rings.